The van der Waals surface area contributed by atoms with E-state index in [0.717, 1.165) is 37.7 Å². The van der Waals surface area contributed by atoms with Gasteiger partial charge in [-0.25, -0.2) is 9.78 Å². The summed E-state index contributed by atoms with van der Waals surface area (Å²) >= 11 is 0. The van der Waals surface area contributed by atoms with Crippen LogP contribution < -0.4 is 15.2 Å². The Bertz CT molecular complexity index is 1340. The highest BCUT2D eigenvalue weighted by Crippen LogP contribution is 2.24. The lowest BCUT2D eigenvalue weighted by Gasteiger charge is -2.25. The number of hydrogen-bond acceptors (Lipinski definition) is 6. The van der Waals surface area contributed by atoms with E-state index in [9.17, 15) is 14.4 Å². The van der Waals surface area contributed by atoms with E-state index in [1.807, 2.05) is 63.2 Å². The second-order valence-corrected chi connectivity index (χ2v) is 10.7. The van der Waals surface area contributed by atoms with Gasteiger partial charge in [-0.3, -0.25) is 14.2 Å². The van der Waals surface area contributed by atoms with E-state index in [0.29, 0.717) is 35.9 Å². The minimum absolute atomic E-state index is 0.0714. The highest BCUT2D eigenvalue weighted by molar-refractivity contribution is 5.93. The number of unbranched alkanes of at least 4 members (excludes halogenated alkanes) is 4. The number of benzene rings is 2. The highest BCUT2D eigenvalue weighted by atomic mass is 16.6. The molecule has 8 heteroatoms. The normalized spacial score (nSPS) is 11.8. The Balaban J connectivity index is 1.84. The number of ether oxygens (including phenoxy) is 2. The molecule has 8 nitrogen and oxygen atoms in total. The van der Waals surface area contributed by atoms with Crippen molar-refractivity contribution in [2.45, 2.75) is 85.8 Å². The van der Waals surface area contributed by atoms with E-state index in [4.69, 9.17) is 14.5 Å². The minimum atomic E-state index is -0.724. The van der Waals surface area contributed by atoms with Crippen LogP contribution in [-0.4, -0.2) is 40.7 Å². The predicted octanol–water partition coefficient (Wildman–Crippen LogP) is 6.44. The highest BCUT2D eigenvalue weighted by Gasteiger charge is 2.26. The van der Waals surface area contributed by atoms with Crippen molar-refractivity contribution in [3.63, 3.8) is 0 Å². The molecule has 0 saturated carbocycles. The smallest absolute Gasteiger partial charge is 0.347 e. The van der Waals surface area contributed by atoms with Crippen molar-refractivity contribution in [3.05, 3.63) is 76.8 Å². The summed E-state index contributed by atoms with van der Waals surface area (Å²) in [5, 5.41) is 0. The van der Waals surface area contributed by atoms with Gasteiger partial charge in [0.2, 0.25) is 5.91 Å². The van der Waals surface area contributed by atoms with Crippen LogP contribution in [-0.2, 0) is 27.3 Å². The fourth-order valence-corrected chi connectivity index (χ4v) is 4.77. The Kier molecular flexibility index (Phi) is 12.8. The molecule has 0 bridgehead atoms. The first-order valence-electron chi connectivity index (χ1n) is 15.2. The minimum Gasteiger partial charge on any atom is -0.478 e. The standard InChI is InChI=1S/C34H45N3O5/c1-6-9-10-11-15-22-36(27-18-20-28(21-19-27)42-33(25(4)5)34(40)41-8-3)32(39)24-37-30(7-2)35-29(23-31(37)38)26-16-13-12-14-17-26/h12-14,16-21,23,25,33H,6-11,15,22,24H2,1-5H3/t33-/m0/s1. The third-order valence-electron chi connectivity index (χ3n) is 7.09. The summed E-state index contributed by atoms with van der Waals surface area (Å²) in [5.74, 6) is 0.435. The molecule has 1 aromatic heterocycles. The number of carbonyl (C=O) groups is 2. The summed E-state index contributed by atoms with van der Waals surface area (Å²) in [6.07, 6.45) is 5.07. The number of anilines is 1. The number of amides is 1. The predicted molar refractivity (Wildman–Crippen MR) is 167 cm³/mol. The zero-order valence-corrected chi connectivity index (χ0v) is 25.7. The number of rotatable bonds is 16. The van der Waals surface area contributed by atoms with Crippen LogP contribution in [0, 0.1) is 5.92 Å². The molecule has 0 aliphatic rings. The van der Waals surface area contributed by atoms with E-state index < -0.39 is 12.1 Å². The van der Waals surface area contributed by atoms with Gasteiger partial charge in [0.05, 0.1) is 12.3 Å². The van der Waals surface area contributed by atoms with E-state index >= 15 is 0 Å². The molecule has 2 aromatic carbocycles. The van der Waals surface area contributed by atoms with Gasteiger partial charge in [0.15, 0.2) is 6.10 Å². The van der Waals surface area contributed by atoms with Crippen LogP contribution in [0.15, 0.2) is 65.5 Å². The van der Waals surface area contributed by atoms with Gasteiger partial charge >= 0.3 is 5.97 Å². The second kappa shape index (κ2) is 16.5. The van der Waals surface area contributed by atoms with Crippen molar-refractivity contribution >= 4 is 17.6 Å². The number of nitrogens with zero attached hydrogens (tertiary/aromatic N) is 3. The lowest BCUT2D eigenvalue weighted by Crippen LogP contribution is -2.38. The number of aromatic nitrogens is 2. The van der Waals surface area contributed by atoms with Gasteiger partial charge in [-0.1, -0.05) is 83.7 Å². The molecule has 0 fully saturated rings. The van der Waals surface area contributed by atoms with Crippen molar-refractivity contribution < 1.29 is 19.1 Å². The maximum absolute atomic E-state index is 13.8. The third kappa shape index (κ3) is 9.03. The number of hydrogen-bond donors (Lipinski definition) is 0. The van der Waals surface area contributed by atoms with Crippen LogP contribution in [0.3, 0.4) is 0 Å². The van der Waals surface area contributed by atoms with E-state index in [1.165, 1.54) is 10.6 Å². The van der Waals surface area contributed by atoms with Gasteiger partial charge in [-0.05, 0) is 37.6 Å². The summed E-state index contributed by atoms with van der Waals surface area (Å²) in [6.45, 7) is 10.4. The maximum Gasteiger partial charge on any atom is 0.347 e. The van der Waals surface area contributed by atoms with Gasteiger partial charge < -0.3 is 14.4 Å². The fourth-order valence-electron chi connectivity index (χ4n) is 4.77. The van der Waals surface area contributed by atoms with Crippen molar-refractivity contribution in [2.75, 3.05) is 18.1 Å². The molecule has 42 heavy (non-hydrogen) atoms. The lowest BCUT2D eigenvalue weighted by atomic mass is 10.1. The topological polar surface area (TPSA) is 90.7 Å². The van der Waals surface area contributed by atoms with E-state index in [1.54, 1.807) is 24.0 Å². The summed E-state index contributed by atoms with van der Waals surface area (Å²) in [5.41, 5.74) is 1.92. The SMILES string of the molecule is CCCCCCCN(C(=O)Cn1c(CC)nc(-c2ccccc2)cc1=O)c1ccc(O[C@H](C(=O)OCC)C(C)C)cc1. The molecular formula is C34H45N3O5. The van der Waals surface area contributed by atoms with Crippen molar-refractivity contribution in [1.82, 2.24) is 9.55 Å². The molecule has 0 saturated heterocycles. The first-order chi connectivity index (χ1) is 20.3. The van der Waals surface area contributed by atoms with Crippen LogP contribution in [0.25, 0.3) is 11.3 Å². The number of carbonyl (C=O) groups excluding carboxylic acids is 2. The molecule has 0 unspecified atom stereocenters. The van der Waals surface area contributed by atoms with Crippen LogP contribution in [0.2, 0.25) is 0 Å². The Hall–Kier alpha value is -3.94. The average Bonchev–Trinajstić information content (AvgIpc) is 2.99. The molecule has 3 aromatic rings. The molecule has 1 amide bonds. The average molecular weight is 576 g/mol. The summed E-state index contributed by atoms with van der Waals surface area (Å²) < 4.78 is 12.6. The Morgan fingerprint density at radius 3 is 2.24 bits per heavy atom. The van der Waals surface area contributed by atoms with Gasteiger partial charge in [0.1, 0.15) is 18.1 Å². The quantitative estimate of drug-likeness (QED) is 0.144. The molecule has 0 N–H and O–H groups in total. The fraction of sp³-hybridized carbons (Fsp3) is 0.471. The maximum atomic E-state index is 13.8. The van der Waals surface area contributed by atoms with Gasteiger partial charge in [0.25, 0.3) is 5.56 Å². The molecule has 0 spiro atoms. The molecule has 1 heterocycles. The van der Waals surface area contributed by atoms with E-state index in [-0.39, 0.29) is 30.5 Å². The summed E-state index contributed by atoms with van der Waals surface area (Å²) in [6, 6.07) is 18.2. The van der Waals surface area contributed by atoms with Crippen molar-refractivity contribution in [3.8, 4) is 17.0 Å². The first-order valence-corrected chi connectivity index (χ1v) is 15.2. The number of esters is 1. The molecule has 1 atom stereocenters. The molecule has 0 aliphatic heterocycles. The van der Waals surface area contributed by atoms with Crippen LogP contribution in [0.5, 0.6) is 5.75 Å². The molecule has 0 aliphatic carbocycles. The zero-order chi connectivity index (χ0) is 30.5. The molecule has 3 rings (SSSR count). The Labute approximate surface area is 249 Å². The Morgan fingerprint density at radius 1 is 0.929 bits per heavy atom. The number of aryl methyl sites for hydroxylation is 1. The van der Waals surface area contributed by atoms with Gasteiger partial charge in [0, 0.05) is 36.2 Å². The summed E-state index contributed by atoms with van der Waals surface area (Å²) in [4.78, 5) is 45.8. The summed E-state index contributed by atoms with van der Waals surface area (Å²) in [7, 11) is 0. The molecular weight excluding hydrogens is 530 g/mol. The largest absolute Gasteiger partial charge is 0.478 e. The first kappa shape index (κ1) is 32.6. The lowest BCUT2D eigenvalue weighted by molar-refractivity contribution is -0.153. The molecule has 0 radical (unpaired) electrons. The van der Waals surface area contributed by atoms with Crippen LogP contribution >= 0.6 is 0 Å². The third-order valence-corrected chi connectivity index (χ3v) is 7.09. The van der Waals surface area contributed by atoms with Crippen LogP contribution in [0.4, 0.5) is 5.69 Å². The van der Waals surface area contributed by atoms with Crippen molar-refractivity contribution in [1.29, 1.82) is 0 Å². The van der Waals surface area contributed by atoms with Gasteiger partial charge in [-0.15, -0.1) is 0 Å². The Morgan fingerprint density at radius 2 is 1.62 bits per heavy atom. The van der Waals surface area contributed by atoms with E-state index in [2.05, 4.69) is 6.92 Å². The molecule has 226 valence electrons. The van der Waals surface area contributed by atoms with Crippen molar-refractivity contribution in [2.24, 2.45) is 5.92 Å². The monoisotopic (exact) mass is 575 g/mol. The van der Waals surface area contributed by atoms with Gasteiger partial charge in [-0.2, -0.15) is 0 Å². The zero-order valence-electron chi connectivity index (χ0n) is 25.7. The van der Waals surface area contributed by atoms with Crippen LogP contribution in [0.1, 0.15) is 72.5 Å². The second-order valence-electron chi connectivity index (χ2n) is 10.7.